The number of ether oxygens (including phenoxy) is 1. The molecule has 0 bridgehead atoms. The van der Waals surface area contributed by atoms with Crippen LogP contribution in [0.15, 0.2) is 0 Å². The monoisotopic (exact) mass is 331 g/mol. The fraction of sp³-hybridized carbons (Fsp3) is 1.00. The van der Waals surface area contributed by atoms with Gasteiger partial charge in [0.2, 0.25) is 0 Å². The first-order valence-electron chi connectivity index (χ1n) is 7.99. The van der Waals surface area contributed by atoms with E-state index in [1.54, 1.807) is 27.7 Å². The Morgan fingerprint density at radius 1 is 1.50 bits per heavy atom. The van der Waals surface area contributed by atoms with Crippen LogP contribution in [0.1, 0.15) is 48.8 Å². The predicted molar refractivity (Wildman–Crippen MR) is 84.5 cm³/mol. The summed E-state index contributed by atoms with van der Waals surface area (Å²) in [5.41, 5.74) is 0. The molecule has 1 saturated heterocycles. The van der Waals surface area contributed by atoms with E-state index in [0.29, 0.717) is 12.8 Å². The Morgan fingerprint density at radius 2 is 2.00 bits per heavy atom. The molecule has 1 rings (SSSR count). The lowest BCUT2D eigenvalue weighted by Gasteiger charge is -2.27. The van der Waals surface area contributed by atoms with Gasteiger partial charge < -0.3 is 18.9 Å². The van der Waals surface area contributed by atoms with E-state index in [0.717, 1.165) is 12.5 Å². The second-order valence-electron chi connectivity index (χ2n) is 5.19. The number of thiol groups is 1. The van der Waals surface area contributed by atoms with Gasteiger partial charge >= 0.3 is 7.60 Å². The maximum absolute atomic E-state index is 12.8. The molecule has 20 heavy (non-hydrogen) atoms. The third kappa shape index (κ3) is 6.04. The van der Waals surface area contributed by atoms with Crippen molar-refractivity contribution in [3.63, 3.8) is 0 Å². The Labute approximate surface area is 130 Å². The molecule has 0 amide bonds. The maximum Gasteiger partial charge on any atom is 0.359 e. The lowest BCUT2D eigenvalue weighted by molar-refractivity contribution is 0.0149. The minimum absolute atomic E-state index is 0.153. The average Bonchev–Trinajstić information content (AvgIpc) is 2.79. The lowest BCUT2D eigenvalue weighted by Crippen LogP contribution is -2.20. The highest BCUT2D eigenvalue weighted by molar-refractivity contribution is 7.79. The number of aliphatic hydroxyl groups is 1. The molecule has 1 heterocycles. The Kier molecular flexibility index (Phi) is 7.92. The molecule has 0 aromatic carbocycles. The zero-order chi connectivity index (χ0) is 17.3. The molecular weight excluding hydrogens is 299 g/mol. The van der Waals surface area contributed by atoms with Crippen molar-refractivity contribution in [2.45, 2.75) is 77.7 Å². The van der Waals surface area contributed by atoms with Gasteiger partial charge in [0.05, 0.1) is 24.4 Å². The van der Waals surface area contributed by atoms with Gasteiger partial charge in [-0.3, -0.25) is 4.57 Å². The van der Waals surface area contributed by atoms with Gasteiger partial charge in [-0.15, -0.1) is 0 Å². The molecule has 3 atom stereocenters. The molecule has 0 aromatic rings. The molecule has 1 aliphatic heterocycles. The molecule has 1 N–H and O–H groups in total. The van der Waals surface area contributed by atoms with Gasteiger partial charge in [-0.1, -0.05) is 6.92 Å². The maximum atomic E-state index is 12.8. The van der Waals surface area contributed by atoms with Crippen molar-refractivity contribution >= 4 is 20.1 Å². The Morgan fingerprint density at radius 3 is 2.30 bits per heavy atom. The second-order valence-corrected chi connectivity index (χ2v) is 7.27. The molecule has 1 aliphatic rings. The quantitative estimate of drug-likeness (QED) is 0.576. The van der Waals surface area contributed by atoms with Crippen LogP contribution in [-0.2, 0) is 18.3 Å². The van der Waals surface area contributed by atoms with Crippen LogP contribution in [0.2, 0.25) is 0 Å². The van der Waals surface area contributed by atoms with Gasteiger partial charge in [-0.2, -0.15) is 12.5 Å². The molecule has 7 heteroatoms. The second kappa shape index (κ2) is 9.44. The topological polar surface area (TPSA) is 65.0 Å². The minimum Gasteiger partial charge on any atom is -0.390 e. The number of aliphatic hydroxyl groups excluding tert-OH is 1. The van der Waals surface area contributed by atoms with Gasteiger partial charge in [0.15, 0.2) is 5.85 Å². The molecule has 1 fully saturated rings. The normalized spacial score (nSPS) is 28.1. The molecule has 0 aromatic heterocycles. The van der Waals surface area contributed by atoms with Crippen molar-refractivity contribution in [1.29, 1.82) is 1.12 Å². The summed E-state index contributed by atoms with van der Waals surface area (Å²) in [6.45, 7) is 9.14. The number of hydrogen-bond donors (Lipinski definition) is 2. The van der Waals surface area contributed by atoms with Crippen LogP contribution in [0, 0.1) is 0 Å². The van der Waals surface area contributed by atoms with Crippen LogP contribution in [0.3, 0.4) is 0 Å². The van der Waals surface area contributed by atoms with Crippen LogP contribution in [0.4, 0.5) is 0 Å². The first-order chi connectivity index (χ1) is 10.2. The summed E-state index contributed by atoms with van der Waals surface area (Å²) in [6.07, 6.45) is -0.169. The summed E-state index contributed by atoms with van der Waals surface area (Å²) in [6, 6.07) is 0. The van der Waals surface area contributed by atoms with E-state index < -0.39 is 19.5 Å². The van der Waals surface area contributed by atoms with Gasteiger partial charge in [-0.05, 0) is 40.3 Å². The van der Waals surface area contributed by atoms with Crippen LogP contribution < -0.4 is 0 Å². The average molecular weight is 331 g/mol. The molecule has 0 saturated carbocycles. The third-order valence-electron chi connectivity index (χ3n) is 2.67. The minimum atomic E-state index is -3.35. The van der Waals surface area contributed by atoms with Crippen molar-refractivity contribution < 1.29 is 24.8 Å². The predicted octanol–water partition coefficient (Wildman–Crippen LogP) is 3.46. The fourth-order valence-corrected chi connectivity index (χ4v) is 4.30. The summed E-state index contributed by atoms with van der Waals surface area (Å²) in [4.78, 5) is 0. The van der Waals surface area contributed by atoms with Gasteiger partial charge in [-0.25, -0.2) is 0 Å². The molecule has 0 radical (unpaired) electrons. The number of rotatable bonds is 6. The Balaban J connectivity index is 0.000000980. The van der Waals surface area contributed by atoms with Crippen LogP contribution >= 0.6 is 20.1 Å². The van der Waals surface area contributed by atoms with Gasteiger partial charge in [0.1, 0.15) is 1.12 Å². The molecule has 0 unspecified atom stereocenters. The van der Waals surface area contributed by atoms with Crippen molar-refractivity contribution in [1.82, 2.24) is 0 Å². The zero-order valence-corrected chi connectivity index (χ0v) is 14.7. The standard InChI is InChI=1S/C12H25O5P.CH4S/c1-6-11-10(13)7-12(15-11)18(14,16-8(2)3)17-9(4)5;1-2/h8-13H,6-7H2,1-5H3;2H,1H3/t10-,11+,12-;/m0./s1/i;1D/hT. The molecule has 5 nitrogen and oxygen atoms in total. The summed E-state index contributed by atoms with van der Waals surface area (Å²) >= 11 is 0.773. The van der Waals surface area contributed by atoms with E-state index in [1.807, 2.05) is 6.92 Å². The van der Waals surface area contributed by atoms with Crippen molar-refractivity contribution in [2.24, 2.45) is 0 Å². The Hall–Kier alpha value is 0.420. The van der Waals surface area contributed by atoms with Crippen molar-refractivity contribution in [3.8, 4) is 0 Å². The van der Waals surface area contributed by atoms with Crippen molar-refractivity contribution in [3.05, 3.63) is 0 Å². The smallest absolute Gasteiger partial charge is 0.359 e. The Bertz CT molecular complexity index is 330. The third-order valence-corrected chi connectivity index (χ3v) is 5.14. The van der Waals surface area contributed by atoms with E-state index in [2.05, 4.69) is 0 Å². The summed E-state index contributed by atoms with van der Waals surface area (Å²) in [5.74, 6) is -0.665. The van der Waals surface area contributed by atoms with E-state index in [-0.39, 0.29) is 24.5 Å². The molecular formula is C13H29O5PS. The van der Waals surface area contributed by atoms with E-state index >= 15 is 0 Å². The molecule has 0 spiro atoms. The highest BCUT2D eigenvalue weighted by Gasteiger charge is 2.47. The first kappa shape index (κ1) is 16.8. The van der Waals surface area contributed by atoms with E-state index in [9.17, 15) is 9.67 Å². The highest BCUT2D eigenvalue weighted by Crippen LogP contribution is 2.59. The first-order valence-corrected chi connectivity index (χ1v) is 9.06. The van der Waals surface area contributed by atoms with Crippen molar-refractivity contribution in [2.75, 3.05) is 6.23 Å². The van der Waals surface area contributed by atoms with Gasteiger partial charge in [0.25, 0.3) is 0 Å². The van der Waals surface area contributed by atoms with Gasteiger partial charge in [0, 0.05) is 7.79 Å². The van der Waals surface area contributed by atoms with Crippen LogP contribution in [-0.4, -0.2) is 42.7 Å². The number of hydrogen-bond acceptors (Lipinski definition) is 6. The zero-order valence-electron chi connectivity index (χ0n) is 14.9. The van der Waals surface area contributed by atoms with E-state index in [4.69, 9.17) is 16.3 Å². The fourth-order valence-electron chi connectivity index (χ4n) is 2.03. The summed E-state index contributed by atoms with van der Waals surface area (Å²) in [7, 11) is -3.35. The largest absolute Gasteiger partial charge is 0.390 e. The van der Waals surface area contributed by atoms with Crippen LogP contribution in [0.5, 0.6) is 0 Å². The highest BCUT2D eigenvalue weighted by atomic mass is 32.1. The molecule has 0 aliphatic carbocycles. The summed E-state index contributed by atoms with van der Waals surface area (Å²) in [5, 5.41) is 9.83. The van der Waals surface area contributed by atoms with Crippen LogP contribution in [0.25, 0.3) is 0 Å². The lowest BCUT2D eigenvalue weighted by atomic mass is 10.1. The molecule has 122 valence electrons. The van der Waals surface area contributed by atoms with E-state index in [1.165, 1.54) is 0 Å². The summed E-state index contributed by atoms with van der Waals surface area (Å²) < 4.78 is 41.7. The SMILES string of the molecule is CC[C@H]1O[C@@H](P(=O)(OC(C)C)OC(C)C)C[C@@H]1O.[2H]CS[3H].